The lowest BCUT2D eigenvalue weighted by molar-refractivity contribution is 0.0693. The van der Waals surface area contributed by atoms with Crippen LogP contribution >= 0.6 is 0 Å². The molecule has 0 spiro atoms. The van der Waals surface area contributed by atoms with E-state index in [4.69, 9.17) is 4.74 Å². The number of carboxylic acid groups (broad SMARTS) is 1. The summed E-state index contributed by atoms with van der Waals surface area (Å²) in [6.07, 6.45) is 5.81. The van der Waals surface area contributed by atoms with Gasteiger partial charge in [-0.3, -0.25) is 0 Å². The summed E-state index contributed by atoms with van der Waals surface area (Å²) < 4.78 is 34.1. The predicted molar refractivity (Wildman–Crippen MR) is 180 cm³/mol. The number of unbranched alkanes of at least 4 members (excludes halogenated alkanes) is 4. The maximum absolute atomic E-state index is 14.7. The van der Waals surface area contributed by atoms with Gasteiger partial charge in [0.25, 0.3) is 0 Å². The Morgan fingerprint density at radius 1 is 0.833 bits per heavy atom. The minimum atomic E-state index is -1.52. The topological polar surface area (TPSA) is 139 Å². The van der Waals surface area contributed by atoms with Gasteiger partial charge in [0.05, 0.1) is 12.7 Å². The molecule has 8 nitrogen and oxygen atoms in total. The summed E-state index contributed by atoms with van der Waals surface area (Å²) in [6, 6.07) is 18.3. The van der Waals surface area contributed by atoms with Crippen molar-refractivity contribution in [2.45, 2.75) is 57.7 Å². The Kier molecular flexibility index (Phi) is 13.9. The lowest BCUT2D eigenvalue weighted by Gasteiger charge is -2.22. The molecule has 6 N–H and O–H groups in total. The molecule has 0 saturated heterocycles. The second-order valence-electron chi connectivity index (χ2n) is 11.7. The van der Waals surface area contributed by atoms with Crippen molar-refractivity contribution in [3.8, 4) is 33.8 Å². The Bertz CT molecular complexity index is 1650. The van der Waals surface area contributed by atoms with Crippen LogP contribution in [-0.4, -0.2) is 57.8 Å². The number of hydrogen-bond acceptors (Lipinski definition) is 7. The molecule has 0 fully saturated rings. The molecular weight excluding hydrogens is 620 g/mol. The van der Waals surface area contributed by atoms with Gasteiger partial charge in [-0.1, -0.05) is 49.2 Å². The van der Waals surface area contributed by atoms with Gasteiger partial charge in [-0.15, -0.1) is 0 Å². The Morgan fingerprint density at radius 2 is 1.56 bits per heavy atom. The van der Waals surface area contributed by atoms with Gasteiger partial charge < -0.3 is 35.6 Å². The Labute approximate surface area is 279 Å². The van der Waals surface area contributed by atoms with Crippen molar-refractivity contribution in [3.63, 3.8) is 0 Å². The van der Waals surface area contributed by atoms with Crippen molar-refractivity contribution < 1.29 is 43.8 Å². The molecule has 4 rings (SSSR count). The number of carboxylic acids is 1. The fourth-order valence-corrected chi connectivity index (χ4v) is 5.71. The summed E-state index contributed by atoms with van der Waals surface area (Å²) in [5, 5.41) is 56.0. The molecule has 256 valence electrons. The van der Waals surface area contributed by atoms with Crippen LogP contribution in [0.15, 0.2) is 72.8 Å². The molecule has 0 heterocycles. The van der Waals surface area contributed by atoms with Gasteiger partial charge in [0.15, 0.2) is 0 Å². The summed E-state index contributed by atoms with van der Waals surface area (Å²) in [5.74, 6) is -4.34. The first-order chi connectivity index (χ1) is 23.2. The number of aliphatic hydroxyl groups excluding tert-OH is 2. The highest BCUT2D eigenvalue weighted by Gasteiger charge is 2.26. The number of nitrogens with one attached hydrogen (secondary N) is 1. The van der Waals surface area contributed by atoms with Crippen LogP contribution in [0, 0.1) is 11.6 Å². The van der Waals surface area contributed by atoms with Crippen molar-refractivity contribution in [1.29, 1.82) is 0 Å². The van der Waals surface area contributed by atoms with Gasteiger partial charge >= 0.3 is 5.97 Å². The van der Waals surface area contributed by atoms with Gasteiger partial charge in [0, 0.05) is 48.1 Å². The molecule has 10 heteroatoms. The van der Waals surface area contributed by atoms with Crippen LogP contribution in [0.2, 0.25) is 0 Å². The van der Waals surface area contributed by atoms with E-state index in [1.807, 2.05) is 6.07 Å². The van der Waals surface area contributed by atoms with Gasteiger partial charge in [-0.2, -0.15) is 0 Å². The molecule has 0 radical (unpaired) electrons. The Morgan fingerprint density at radius 3 is 2.27 bits per heavy atom. The smallest absolute Gasteiger partial charge is 0.339 e. The van der Waals surface area contributed by atoms with Crippen LogP contribution in [-0.2, 0) is 17.8 Å². The van der Waals surface area contributed by atoms with E-state index in [0.29, 0.717) is 12.6 Å². The molecule has 0 amide bonds. The average Bonchev–Trinajstić information content (AvgIpc) is 3.07. The number of carbonyl (C=O) groups is 1. The molecule has 0 aliphatic heterocycles. The van der Waals surface area contributed by atoms with E-state index < -0.39 is 41.6 Å². The van der Waals surface area contributed by atoms with Gasteiger partial charge in [-0.05, 0) is 85.7 Å². The first kappa shape index (κ1) is 36.5. The number of ether oxygens (including phenoxy) is 1. The standard InChI is InChI=1S/C38H43F2NO7/c39-27-13-14-28(33(40)22-27)26-20-30(37(45)31(21-26)38(46)47)36-29(15-16-34(43)32(36)24-42)35(44)23-41-17-7-1-2-8-18-48-19-9-6-12-25-10-4-3-5-11-25/h3-5,10-11,13-16,20-22,35,41-45H,1-2,6-9,12,17-19,23-24H2,(H,46,47). The van der Waals surface area contributed by atoms with E-state index in [9.17, 15) is 39.1 Å². The van der Waals surface area contributed by atoms with E-state index in [2.05, 4.69) is 29.6 Å². The second kappa shape index (κ2) is 18.3. The molecule has 4 aromatic rings. The van der Waals surface area contributed by atoms with E-state index in [1.165, 1.54) is 23.8 Å². The number of aromatic carboxylic acids is 1. The third-order valence-electron chi connectivity index (χ3n) is 8.27. The van der Waals surface area contributed by atoms with Crippen molar-refractivity contribution in [3.05, 3.63) is 107 Å². The highest BCUT2D eigenvalue weighted by molar-refractivity contribution is 5.97. The number of aryl methyl sites for hydroxylation is 1. The molecule has 1 unspecified atom stereocenters. The van der Waals surface area contributed by atoms with E-state index in [-0.39, 0.29) is 45.7 Å². The maximum Gasteiger partial charge on any atom is 0.339 e. The number of halogens is 2. The third kappa shape index (κ3) is 9.84. The zero-order valence-corrected chi connectivity index (χ0v) is 26.8. The molecule has 0 bridgehead atoms. The summed E-state index contributed by atoms with van der Waals surface area (Å²) in [7, 11) is 0. The maximum atomic E-state index is 14.7. The first-order valence-electron chi connectivity index (χ1n) is 16.2. The van der Waals surface area contributed by atoms with Gasteiger partial charge in [0.2, 0.25) is 0 Å². The molecule has 1 atom stereocenters. The van der Waals surface area contributed by atoms with Crippen molar-refractivity contribution in [2.24, 2.45) is 0 Å². The number of benzene rings is 4. The van der Waals surface area contributed by atoms with Crippen molar-refractivity contribution in [1.82, 2.24) is 5.32 Å². The zero-order valence-electron chi connectivity index (χ0n) is 26.8. The molecule has 4 aromatic carbocycles. The number of aromatic hydroxyl groups is 2. The average molecular weight is 664 g/mol. The predicted octanol–water partition coefficient (Wildman–Crippen LogP) is 7.12. The highest BCUT2D eigenvalue weighted by atomic mass is 19.1. The van der Waals surface area contributed by atoms with Crippen molar-refractivity contribution in [2.75, 3.05) is 26.3 Å². The van der Waals surface area contributed by atoms with Crippen LogP contribution in [0.1, 0.15) is 71.7 Å². The Balaban J connectivity index is 1.34. The lowest BCUT2D eigenvalue weighted by Crippen LogP contribution is -2.23. The number of aliphatic hydroxyl groups is 2. The van der Waals surface area contributed by atoms with Crippen LogP contribution in [0.3, 0.4) is 0 Å². The van der Waals surface area contributed by atoms with E-state index >= 15 is 0 Å². The zero-order chi connectivity index (χ0) is 34.5. The van der Waals surface area contributed by atoms with E-state index in [0.717, 1.165) is 76.4 Å². The minimum Gasteiger partial charge on any atom is -0.508 e. The van der Waals surface area contributed by atoms with Crippen LogP contribution < -0.4 is 5.32 Å². The van der Waals surface area contributed by atoms with Gasteiger partial charge in [-0.25, -0.2) is 13.6 Å². The summed E-state index contributed by atoms with van der Waals surface area (Å²) in [5.41, 5.74) is 0.651. The summed E-state index contributed by atoms with van der Waals surface area (Å²) in [6.45, 7) is 1.48. The van der Waals surface area contributed by atoms with Crippen LogP contribution in [0.5, 0.6) is 11.5 Å². The van der Waals surface area contributed by atoms with Crippen LogP contribution in [0.4, 0.5) is 8.78 Å². The Hall–Kier alpha value is -4.35. The summed E-state index contributed by atoms with van der Waals surface area (Å²) >= 11 is 0. The number of hydrogen-bond donors (Lipinski definition) is 6. The third-order valence-corrected chi connectivity index (χ3v) is 8.27. The molecule has 0 aliphatic carbocycles. The molecule has 48 heavy (non-hydrogen) atoms. The first-order valence-corrected chi connectivity index (χ1v) is 16.2. The minimum absolute atomic E-state index is 0.0104. The SMILES string of the molecule is O=C(O)c1cc(-c2ccc(F)cc2F)cc(-c2c(C(O)CNCCCCCCOCCCCc3ccccc3)ccc(O)c2CO)c1O. The molecule has 0 aromatic heterocycles. The monoisotopic (exact) mass is 663 g/mol. The largest absolute Gasteiger partial charge is 0.508 e. The highest BCUT2D eigenvalue weighted by Crippen LogP contribution is 2.44. The normalized spacial score (nSPS) is 11.9. The quantitative estimate of drug-likeness (QED) is 0.0583. The van der Waals surface area contributed by atoms with Crippen molar-refractivity contribution >= 4 is 5.97 Å². The summed E-state index contributed by atoms with van der Waals surface area (Å²) in [4.78, 5) is 12.1. The molecule has 0 saturated carbocycles. The molecular formula is C38H43F2NO7. The molecule has 0 aliphatic rings. The second-order valence-corrected chi connectivity index (χ2v) is 11.7. The fourth-order valence-electron chi connectivity index (χ4n) is 5.71. The van der Waals surface area contributed by atoms with Gasteiger partial charge in [0.1, 0.15) is 28.7 Å². The number of phenols is 2. The number of rotatable bonds is 19. The van der Waals surface area contributed by atoms with E-state index in [1.54, 1.807) is 0 Å². The van der Waals surface area contributed by atoms with Crippen LogP contribution in [0.25, 0.3) is 22.3 Å². The fraction of sp³-hybridized carbons (Fsp3) is 0.342. The lowest BCUT2D eigenvalue weighted by atomic mass is 9.87.